The van der Waals surface area contributed by atoms with E-state index in [1.165, 1.54) is 30.2 Å². The first-order chi connectivity index (χ1) is 14.6. The van der Waals surface area contributed by atoms with Crippen molar-refractivity contribution in [2.45, 2.75) is 17.3 Å². The standard InChI is InChI=1S/C22H16FIN4OS/c23-17-5-1-14(2-6-17)12-30-22-27-20(16-3-7-18(24)8-4-16)19(21(29)28-22)9-15-10-25-13-26-11-15/h1-8,10-11,13H,9,12H2,(H,27,28,29). The van der Waals surface area contributed by atoms with Crippen LogP contribution < -0.4 is 5.56 Å². The first-order valence-electron chi connectivity index (χ1n) is 9.09. The van der Waals surface area contributed by atoms with Gasteiger partial charge in [-0.2, -0.15) is 0 Å². The normalized spacial score (nSPS) is 10.9. The van der Waals surface area contributed by atoms with Crippen LogP contribution in [0.25, 0.3) is 11.3 Å². The molecular formula is C22H16FIN4OS. The maximum absolute atomic E-state index is 13.1. The van der Waals surface area contributed by atoms with Gasteiger partial charge in [-0.1, -0.05) is 36.0 Å². The number of hydrogen-bond donors (Lipinski definition) is 1. The molecule has 2 heterocycles. The number of aromatic amines is 1. The zero-order valence-corrected chi connectivity index (χ0v) is 18.7. The fourth-order valence-electron chi connectivity index (χ4n) is 2.91. The fourth-order valence-corrected chi connectivity index (χ4v) is 4.09. The lowest BCUT2D eigenvalue weighted by molar-refractivity contribution is 0.627. The Morgan fingerprint density at radius 3 is 2.37 bits per heavy atom. The number of aromatic nitrogens is 4. The van der Waals surface area contributed by atoms with Gasteiger partial charge in [0.1, 0.15) is 12.1 Å². The molecule has 0 unspecified atom stereocenters. The van der Waals surface area contributed by atoms with Gasteiger partial charge in [0.2, 0.25) is 0 Å². The average molecular weight is 530 g/mol. The molecule has 2 aromatic heterocycles. The van der Waals surface area contributed by atoms with Crippen molar-refractivity contribution in [1.82, 2.24) is 19.9 Å². The summed E-state index contributed by atoms with van der Waals surface area (Å²) in [6.45, 7) is 0. The van der Waals surface area contributed by atoms with Crippen molar-refractivity contribution in [2.75, 3.05) is 0 Å². The molecule has 0 amide bonds. The first-order valence-corrected chi connectivity index (χ1v) is 11.1. The molecule has 150 valence electrons. The highest BCUT2D eigenvalue weighted by molar-refractivity contribution is 14.1. The summed E-state index contributed by atoms with van der Waals surface area (Å²) in [4.78, 5) is 28.7. The van der Waals surface area contributed by atoms with Gasteiger partial charge in [-0.25, -0.2) is 19.3 Å². The number of nitrogens with zero attached hydrogens (tertiary/aromatic N) is 3. The van der Waals surface area contributed by atoms with Gasteiger partial charge in [0.15, 0.2) is 5.16 Å². The first kappa shape index (κ1) is 20.7. The summed E-state index contributed by atoms with van der Waals surface area (Å²) in [5.74, 6) is 0.298. The van der Waals surface area contributed by atoms with E-state index in [1.54, 1.807) is 24.5 Å². The van der Waals surface area contributed by atoms with Gasteiger partial charge < -0.3 is 4.98 Å². The largest absolute Gasteiger partial charge is 0.301 e. The fraction of sp³-hybridized carbons (Fsp3) is 0.0909. The van der Waals surface area contributed by atoms with Gasteiger partial charge in [-0.15, -0.1) is 0 Å². The Labute approximate surface area is 190 Å². The molecule has 5 nitrogen and oxygen atoms in total. The van der Waals surface area contributed by atoms with Crippen LogP contribution in [0.15, 0.2) is 77.2 Å². The molecule has 0 aliphatic heterocycles. The third-order valence-electron chi connectivity index (χ3n) is 4.40. The molecule has 1 N–H and O–H groups in total. The second-order valence-electron chi connectivity index (χ2n) is 6.54. The van der Waals surface area contributed by atoms with Crippen molar-refractivity contribution in [3.8, 4) is 11.3 Å². The molecule has 0 fully saturated rings. The topological polar surface area (TPSA) is 71.5 Å². The van der Waals surface area contributed by atoms with Crippen molar-refractivity contribution in [2.24, 2.45) is 0 Å². The van der Waals surface area contributed by atoms with Crippen LogP contribution in [0.2, 0.25) is 0 Å². The van der Waals surface area contributed by atoms with E-state index in [-0.39, 0.29) is 11.4 Å². The minimum absolute atomic E-state index is 0.191. The molecule has 0 saturated heterocycles. The molecule has 0 bridgehead atoms. The van der Waals surface area contributed by atoms with Gasteiger partial charge in [0.25, 0.3) is 5.56 Å². The third-order valence-corrected chi connectivity index (χ3v) is 6.06. The van der Waals surface area contributed by atoms with Crippen LogP contribution in [-0.4, -0.2) is 19.9 Å². The summed E-state index contributed by atoms with van der Waals surface area (Å²) in [6, 6.07) is 14.2. The molecule has 0 spiro atoms. The van der Waals surface area contributed by atoms with E-state index >= 15 is 0 Å². The summed E-state index contributed by atoms with van der Waals surface area (Å²) in [5.41, 5.74) is 3.67. The molecule has 0 radical (unpaired) electrons. The molecule has 0 saturated carbocycles. The number of benzene rings is 2. The van der Waals surface area contributed by atoms with Gasteiger partial charge in [-0.3, -0.25) is 4.79 Å². The van der Waals surface area contributed by atoms with Crippen molar-refractivity contribution >= 4 is 34.4 Å². The second kappa shape index (κ2) is 9.48. The molecule has 4 aromatic rings. The number of thioether (sulfide) groups is 1. The second-order valence-corrected chi connectivity index (χ2v) is 8.75. The Morgan fingerprint density at radius 2 is 1.67 bits per heavy atom. The van der Waals surface area contributed by atoms with E-state index in [0.29, 0.717) is 28.6 Å². The number of halogens is 2. The van der Waals surface area contributed by atoms with Gasteiger partial charge in [-0.05, 0) is 58.0 Å². The maximum atomic E-state index is 13.1. The van der Waals surface area contributed by atoms with Crippen LogP contribution in [0, 0.1) is 9.39 Å². The minimum atomic E-state index is -0.273. The van der Waals surface area contributed by atoms with E-state index in [0.717, 1.165) is 20.3 Å². The Morgan fingerprint density at radius 1 is 0.967 bits per heavy atom. The molecule has 2 aromatic carbocycles. The maximum Gasteiger partial charge on any atom is 0.255 e. The van der Waals surface area contributed by atoms with Gasteiger partial charge in [0.05, 0.1) is 5.69 Å². The summed E-state index contributed by atoms with van der Waals surface area (Å²) in [7, 11) is 0. The lowest BCUT2D eigenvalue weighted by Gasteiger charge is -2.11. The van der Waals surface area contributed by atoms with Gasteiger partial charge in [0, 0.05) is 39.3 Å². The predicted octanol–water partition coefficient (Wildman–Crippen LogP) is 4.85. The minimum Gasteiger partial charge on any atom is -0.301 e. The highest BCUT2D eigenvalue weighted by Gasteiger charge is 2.15. The number of H-pyrrole nitrogens is 1. The Balaban J connectivity index is 1.69. The number of hydrogen-bond acceptors (Lipinski definition) is 5. The molecule has 0 atom stereocenters. The van der Waals surface area contributed by atoms with Gasteiger partial charge >= 0.3 is 0 Å². The van der Waals surface area contributed by atoms with Crippen LogP contribution >= 0.6 is 34.4 Å². The monoisotopic (exact) mass is 530 g/mol. The van der Waals surface area contributed by atoms with Crippen molar-refractivity contribution in [3.63, 3.8) is 0 Å². The molecule has 8 heteroatoms. The smallest absolute Gasteiger partial charge is 0.255 e. The summed E-state index contributed by atoms with van der Waals surface area (Å²) in [5, 5.41) is 0.519. The molecule has 4 rings (SSSR count). The Bertz CT molecular complexity index is 1200. The van der Waals surface area contributed by atoms with E-state index < -0.39 is 0 Å². The summed E-state index contributed by atoms with van der Waals surface area (Å²) in [6.07, 6.45) is 5.23. The third kappa shape index (κ3) is 5.11. The molecule has 30 heavy (non-hydrogen) atoms. The SMILES string of the molecule is O=c1[nH]c(SCc2ccc(F)cc2)nc(-c2ccc(I)cc2)c1Cc1cncnc1. The zero-order valence-electron chi connectivity index (χ0n) is 15.7. The van der Waals surface area contributed by atoms with Crippen LogP contribution in [0.5, 0.6) is 0 Å². The average Bonchev–Trinajstić information content (AvgIpc) is 2.76. The van der Waals surface area contributed by atoms with Crippen LogP contribution in [-0.2, 0) is 12.2 Å². The lowest BCUT2D eigenvalue weighted by atomic mass is 10.0. The molecule has 0 aliphatic rings. The van der Waals surface area contributed by atoms with Crippen molar-refractivity contribution < 1.29 is 4.39 Å². The Kier molecular flexibility index (Phi) is 6.53. The molecular weight excluding hydrogens is 514 g/mol. The van der Waals surface area contributed by atoms with Crippen LogP contribution in [0.4, 0.5) is 4.39 Å². The van der Waals surface area contributed by atoms with Crippen LogP contribution in [0.1, 0.15) is 16.7 Å². The van der Waals surface area contributed by atoms with Crippen molar-refractivity contribution in [3.05, 3.63) is 104 Å². The number of nitrogens with one attached hydrogen (secondary N) is 1. The highest BCUT2D eigenvalue weighted by atomic mass is 127. The van der Waals surface area contributed by atoms with E-state index in [4.69, 9.17) is 4.98 Å². The predicted molar refractivity (Wildman–Crippen MR) is 124 cm³/mol. The quantitative estimate of drug-likeness (QED) is 0.219. The molecule has 0 aliphatic carbocycles. The van der Waals surface area contributed by atoms with E-state index in [1.807, 2.05) is 24.3 Å². The Hall–Kier alpha value is -2.59. The van der Waals surface area contributed by atoms with E-state index in [2.05, 4.69) is 37.5 Å². The summed E-state index contributed by atoms with van der Waals surface area (Å²) >= 11 is 3.65. The van der Waals surface area contributed by atoms with Crippen molar-refractivity contribution in [1.29, 1.82) is 0 Å². The van der Waals surface area contributed by atoms with Crippen LogP contribution in [0.3, 0.4) is 0 Å². The highest BCUT2D eigenvalue weighted by Crippen LogP contribution is 2.26. The summed E-state index contributed by atoms with van der Waals surface area (Å²) < 4.78 is 14.2. The zero-order chi connectivity index (χ0) is 20.9. The lowest BCUT2D eigenvalue weighted by Crippen LogP contribution is -2.17. The number of rotatable bonds is 6. The van der Waals surface area contributed by atoms with E-state index in [9.17, 15) is 9.18 Å².